The zero-order valence-corrected chi connectivity index (χ0v) is 14.1. The van der Waals surface area contributed by atoms with Crippen molar-refractivity contribution in [1.82, 2.24) is 0 Å². The lowest BCUT2D eigenvalue weighted by Gasteiger charge is -1.98. The molecule has 0 fully saturated rings. The maximum atomic E-state index is 12.3. The molecule has 1 aromatic heterocycles. The highest BCUT2D eigenvalue weighted by Gasteiger charge is 2.09. The molecule has 0 unspecified atom stereocenters. The maximum Gasteiger partial charge on any atom is 0.177 e. The fraction of sp³-hybridized carbons (Fsp3) is 0.0952. The Morgan fingerprint density at radius 3 is 2.42 bits per heavy atom. The second-order valence-corrected chi connectivity index (χ2v) is 6.31. The summed E-state index contributed by atoms with van der Waals surface area (Å²) in [5.41, 5.74) is 1.95. The standard InChI is InChI=1S/C21H16O2S/c1-23-18-10-7-16(8-11-18)9-12-19-13-14-21(24-19)20(22)15-17-5-3-2-4-6-17/h2-8,10-11,13-14H,15H2,1H3. The summed E-state index contributed by atoms with van der Waals surface area (Å²) >= 11 is 1.44. The topological polar surface area (TPSA) is 26.3 Å². The SMILES string of the molecule is COc1ccc(C#Cc2ccc(C(=O)Cc3ccccc3)s2)cc1. The van der Waals surface area contributed by atoms with E-state index in [1.54, 1.807) is 7.11 Å². The number of Topliss-reactive ketones (excluding diaryl/α,β-unsaturated/α-hetero) is 1. The van der Waals surface area contributed by atoms with E-state index in [0.29, 0.717) is 6.42 Å². The minimum atomic E-state index is 0.128. The van der Waals surface area contributed by atoms with Gasteiger partial charge in [-0.15, -0.1) is 11.3 Å². The van der Waals surface area contributed by atoms with Crippen molar-refractivity contribution >= 4 is 17.1 Å². The largest absolute Gasteiger partial charge is 0.497 e. The van der Waals surface area contributed by atoms with Crippen LogP contribution in [-0.2, 0) is 6.42 Å². The summed E-state index contributed by atoms with van der Waals surface area (Å²) in [6, 6.07) is 21.1. The van der Waals surface area contributed by atoms with Crippen molar-refractivity contribution in [1.29, 1.82) is 0 Å². The molecule has 0 saturated carbocycles. The first-order chi connectivity index (χ1) is 11.7. The average Bonchev–Trinajstić information content (AvgIpc) is 3.10. The van der Waals surface area contributed by atoms with E-state index in [-0.39, 0.29) is 5.78 Å². The van der Waals surface area contributed by atoms with Crippen LogP contribution in [0.3, 0.4) is 0 Å². The highest BCUT2D eigenvalue weighted by Crippen LogP contribution is 2.18. The molecule has 118 valence electrons. The van der Waals surface area contributed by atoms with Crippen LogP contribution in [0.1, 0.15) is 25.7 Å². The maximum absolute atomic E-state index is 12.3. The number of benzene rings is 2. The second kappa shape index (κ2) is 7.63. The molecule has 3 rings (SSSR count). The van der Waals surface area contributed by atoms with Crippen LogP contribution >= 0.6 is 11.3 Å². The van der Waals surface area contributed by atoms with Crippen molar-refractivity contribution in [2.45, 2.75) is 6.42 Å². The zero-order valence-electron chi connectivity index (χ0n) is 13.3. The number of thiophene rings is 1. The number of hydrogen-bond acceptors (Lipinski definition) is 3. The lowest BCUT2D eigenvalue weighted by atomic mass is 10.1. The Morgan fingerprint density at radius 2 is 1.71 bits per heavy atom. The number of carbonyl (C=O) groups excluding carboxylic acids is 1. The summed E-state index contributed by atoms with van der Waals surface area (Å²) < 4.78 is 5.13. The zero-order chi connectivity index (χ0) is 16.8. The van der Waals surface area contributed by atoms with Gasteiger partial charge in [-0.2, -0.15) is 0 Å². The summed E-state index contributed by atoms with van der Waals surface area (Å²) in [4.78, 5) is 14.0. The first-order valence-corrected chi connectivity index (χ1v) is 8.39. The fourth-order valence-electron chi connectivity index (χ4n) is 2.23. The molecule has 3 heteroatoms. The van der Waals surface area contributed by atoms with E-state index in [0.717, 1.165) is 26.6 Å². The number of methoxy groups -OCH3 is 1. The van der Waals surface area contributed by atoms with E-state index in [9.17, 15) is 4.79 Å². The molecular weight excluding hydrogens is 316 g/mol. The quantitative estimate of drug-likeness (QED) is 0.516. The van der Waals surface area contributed by atoms with E-state index >= 15 is 0 Å². The Labute approximate surface area is 145 Å². The number of ether oxygens (including phenoxy) is 1. The van der Waals surface area contributed by atoms with Crippen LogP contribution in [0.4, 0.5) is 0 Å². The van der Waals surface area contributed by atoms with Crippen molar-refractivity contribution < 1.29 is 9.53 Å². The molecule has 24 heavy (non-hydrogen) atoms. The third kappa shape index (κ3) is 4.13. The molecule has 0 N–H and O–H groups in total. The number of hydrogen-bond donors (Lipinski definition) is 0. The molecule has 0 radical (unpaired) electrons. The van der Waals surface area contributed by atoms with Crippen LogP contribution in [-0.4, -0.2) is 12.9 Å². The van der Waals surface area contributed by atoms with Gasteiger partial charge in [-0.25, -0.2) is 0 Å². The van der Waals surface area contributed by atoms with E-state index < -0.39 is 0 Å². The molecule has 2 nitrogen and oxygen atoms in total. The van der Waals surface area contributed by atoms with Crippen LogP contribution < -0.4 is 4.74 Å². The van der Waals surface area contributed by atoms with Crippen LogP contribution in [0.5, 0.6) is 5.75 Å². The summed E-state index contributed by atoms with van der Waals surface area (Å²) in [5.74, 6) is 7.16. The van der Waals surface area contributed by atoms with Crippen molar-refractivity contribution in [2.75, 3.05) is 7.11 Å². The van der Waals surface area contributed by atoms with Crippen LogP contribution in [0.15, 0.2) is 66.7 Å². The van der Waals surface area contributed by atoms with Gasteiger partial charge in [0.25, 0.3) is 0 Å². The molecule has 0 aliphatic carbocycles. The van der Waals surface area contributed by atoms with Gasteiger partial charge in [-0.05, 0) is 42.0 Å². The number of rotatable bonds is 4. The highest BCUT2D eigenvalue weighted by atomic mass is 32.1. The summed E-state index contributed by atoms with van der Waals surface area (Å²) in [7, 11) is 1.64. The van der Waals surface area contributed by atoms with Gasteiger partial charge in [0.1, 0.15) is 5.75 Å². The van der Waals surface area contributed by atoms with Gasteiger partial charge in [0.15, 0.2) is 5.78 Å². The first kappa shape index (κ1) is 16.0. The van der Waals surface area contributed by atoms with Crippen molar-refractivity contribution in [3.63, 3.8) is 0 Å². The van der Waals surface area contributed by atoms with Gasteiger partial charge >= 0.3 is 0 Å². The predicted octanol–water partition coefficient (Wildman–Crippen LogP) is 4.58. The first-order valence-electron chi connectivity index (χ1n) is 7.57. The molecule has 1 heterocycles. The molecule has 0 spiro atoms. The fourth-order valence-corrected chi connectivity index (χ4v) is 3.03. The smallest absolute Gasteiger partial charge is 0.177 e. The predicted molar refractivity (Wildman–Crippen MR) is 97.8 cm³/mol. The molecule has 0 atom stereocenters. The van der Waals surface area contributed by atoms with E-state index in [1.165, 1.54) is 11.3 Å². The van der Waals surface area contributed by atoms with Crippen molar-refractivity contribution in [2.24, 2.45) is 0 Å². The van der Waals surface area contributed by atoms with Crippen LogP contribution in [0.2, 0.25) is 0 Å². The highest BCUT2D eigenvalue weighted by molar-refractivity contribution is 7.14. The molecule has 2 aromatic carbocycles. The van der Waals surface area contributed by atoms with Gasteiger partial charge in [-0.1, -0.05) is 42.2 Å². The molecule has 0 aliphatic heterocycles. The third-order valence-corrected chi connectivity index (χ3v) is 4.55. The van der Waals surface area contributed by atoms with E-state index in [2.05, 4.69) is 11.8 Å². The number of carbonyl (C=O) groups is 1. The van der Waals surface area contributed by atoms with Gasteiger partial charge < -0.3 is 4.74 Å². The lowest BCUT2D eigenvalue weighted by molar-refractivity contribution is 0.0997. The molecule has 0 bridgehead atoms. The third-order valence-electron chi connectivity index (χ3n) is 3.51. The van der Waals surface area contributed by atoms with Gasteiger partial charge in [0, 0.05) is 12.0 Å². The van der Waals surface area contributed by atoms with Crippen LogP contribution in [0.25, 0.3) is 0 Å². The van der Waals surface area contributed by atoms with Crippen molar-refractivity contribution in [3.05, 3.63) is 87.6 Å². The molecule has 0 saturated heterocycles. The summed E-state index contributed by atoms with van der Waals surface area (Å²) in [6.45, 7) is 0. The number of ketones is 1. The van der Waals surface area contributed by atoms with Gasteiger partial charge in [0.05, 0.1) is 16.9 Å². The van der Waals surface area contributed by atoms with Crippen molar-refractivity contribution in [3.8, 4) is 17.6 Å². The van der Waals surface area contributed by atoms with E-state index in [1.807, 2.05) is 66.7 Å². The van der Waals surface area contributed by atoms with Crippen LogP contribution in [0, 0.1) is 11.8 Å². The summed E-state index contributed by atoms with van der Waals surface area (Å²) in [6.07, 6.45) is 0.423. The molecule has 0 amide bonds. The summed E-state index contributed by atoms with van der Waals surface area (Å²) in [5, 5.41) is 0. The lowest BCUT2D eigenvalue weighted by Crippen LogP contribution is -2.00. The normalized spacial score (nSPS) is 9.88. The average molecular weight is 332 g/mol. The Morgan fingerprint density at radius 1 is 0.958 bits per heavy atom. The van der Waals surface area contributed by atoms with Gasteiger partial charge in [0.2, 0.25) is 0 Å². The van der Waals surface area contributed by atoms with E-state index in [4.69, 9.17) is 4.74 Å². The Kier molecular flexibility index (Phi) is 5.10. The minimum absolute atomic E-state index is 0.128. The Hall–Kier alpha value is -2.83. The Bertz CT molecular complexity index is 881. The molecule has 3 aromatic rings. The Balaban J connectivity index is 1.69. The van der Waals surface area contributed by atoms with Gasteiger partial charge in [-0.3, -0.25) is 4.79 Å². The molecular formula is C21H16O2S. The minimum Gasteiger partial charge on any atom is -0.497 e. The molecule has 0 aliphatic rings. The monoisotopic (exact) mass is 332 g/mol. The second-order valence-electron chi connectivity index (χ2n) is 5.23.